The van der Waals surface area contributed by atoms with Crippen molar-refractivity contribution in [2.45, 2.75) is 38.6 Å². The fourth-order valence-electron chi connectivity index (χ4n) is 5.78. The van der Waals surface area contributed by atoms with E-state index in [1.165, 1.54) is 42.5 Å². The molecular formula is C20H26N2O. The van der Waals surface area contributed by atoms with Gasteiger partial charge < -0.3 is 9.72 Å². The third kappa shape index (κ3) is 1.80. The van der Waals surface area contributed by atoms with Crippen molar-refractivity contribution in [1.82, 2.24) is 9.88 Å². The van der Waals surface area contributed by atoms with Crippen LogP contribution in [0.3, 0.4) is 0 Å². The molecule has 4 heterocycles. The van der Waals surface area contributed by atoms with Crippen molar-refractivity contribution in [3.63, 3.8) is 0 Å². The number of nitrogens with zero attached hydrogens (tertiary/aromatic N) is 1. The van der Waals surface area contributed by atoms with Crippen LogP contribution in [-0.2, 0) is 6.42 Å². The number of hydrogen-bond donors (Lipinski definition) is 1. The molecule has 4 bridgehead atoms. The Bertz CT molecular complexity index is 762. The summed E-state index contributed by atoms with van der Waals surface area (Å²) in [7, 11) is 1.76. The first kappa shape index (κ1) is 13.9. The van der Waals surface area contributed by atoms with Crippen LogP contribution in [0.1, 0.15) is 37.4 Å². The number of methoxy groups -OCH3 is 1. The Balaban J connectivity index is 1.67. The van der Waals surface area contributed by atoms with Crippen molar-refractivity contribution >= 4 is 10.9 Å². The van der Waals surface area contributed by atoms with Gasteiger partial charge in [-0.15, -0.1) is 0 Å². The predicted molar refractivity (Wildman–Crippen MR) is 93.1 cm³/mol. The van der Waals surface area contributed by atoms with Gasteiger partial charge in [-0.2, -0.15) is 0 Å². The highest BCUT2D eigenvalue weighted by molar-refractivity contribution is 5.86. The Kier molecular flexibility index (Phi) is 2.88. The largest absolute Gasteiger partial charge is 0.497 e. The summed E-state index contributed by atoms with van der Waals surface area (Å²) in [5, 5.41) is 1.38. The van der Waals surface area contributed by atoms with Gasteiger partial charge >= 0.3 is 0 Å². The molecular weight excluding hydrogens is 284 g/mol. The maximum Gasteiger partial charge on any atom is 0.119 e. The molecule has 2 aromatic rings. The number of piperidine rings is 2. The molecule has 0 radical (unpaired) electrons. The molecule has 3 heteroatoms. The molecule has 6 rings (SSSR count). The van der Waals surface area contributed by atoms with E-state index in [4.69, 9.17) is 4.74 Å². The lowest BCUT2D eigenvalue weighted by molar-refractivity contribution is -0.0454. The van der Waals surface area contributed by atoms with Crippen LogP contribution in [0.2, 0.25) is 0 Å². The molecule has 0 amide bonds. The van der Waals surface area contributed by atoms with Crippen LogP contribution < -0.4 is 4.74 Å². The Morgan fingerprint density at radius 2 is 2.09 bits per heavy atom. The zero-order chi connectivity index (χ0) is 15.7. The Hall–Kier alpha value is -1.48. The topological polar surface area (TPSA) is 28.3 Å². The average molecular weight is 310 g/mol. The molecule has 3 nitrogen and oxygen atoms in total. The highest BCUT2D eigenvalue weighted by atomic mass is 16.5. The summed E-state index contributed by atoms with van der Waals surface area (Å²) in [6.07, 6.45) is 2.53. The average Bonchev–Trinajstić information content (AvgIpc) is 2.89. The molecule has 3 aliphatic heterocycles. The van der Waals surface area contributed by atoms with Gasteiger partial charge in [0.05, 0.1) is 7.11 Å². The van der Waals surface area contributed by atoms with E-state index in [1.54, 1.807) is 12.7 Å². The summed E-state index contributed by atoms with van der Waals surface area (Å²) in [6, 6.07) is 7.21. The SMILES string of the molecule is COc1ccc2[nH]c3c(c2c1)CCN1CC2CC3C1C(C)C2C. The summed E-state index contributed by atoms with van der Waals surface area (Å²) in [6.45, 7) is 7.49. The van der Waals surface area contributed by atoms with Gasteiger partial charge in [0.2, 0.25) is 0 Å². The Labute approximate surface area is 138 Å². The lowest BCUT2D eigenvalue weighted by atomic mass is 9.61. The number of benzene rings is 1. The van der Waals surface area contributed by atoms with Crippen LogP contribution in [0, 0.1) is 17.8 Å². The van der Waals surface area contributed by atoms with Gasteiger partial charge in [-0.3, -0.25) is 4.90 Å². The minimum absolute atomic E-state index is 0.691. The quantitative estimate of drug-likeness (QED) is 0.868. The van der Waals surface area contributed by atoms with E-state index in [9.17, 15) is 0 Å². The molecule has 6 atom stereocenters. The van der Waals surface area contributed by atoms with Gasteiger partial charge in [-0.1, -0.05) is 13.8 Å². The summed E-state index contributed by atoms with van der Waals surface area (Å²) in [5.74, 6) is 4.20. The van der Waals surface area contributed by atoms with Gasteiger partial charge in [0.25, 0.3) is 0 Å². The molecule has 3 fully saturated rings. The van der Waals surface area contributed by atoms with E-state index in [1.807, 2.05) is 0 Å². The number of nitrogens with one attached hydrogen (secondary N) is 1. The summed E-state index contributed by atoms with van der Waals surface area (Å²) < 4.78 is 5.46. The van der Waals surface area contributed by atoms with Crippen LogP contribution in [0.25, 0.3) is 10.9 Å². The van der Waals surface area contributed by atoms with Gasteiger partial charge in [-0.25, -0.2) is 0 Å². The molecule has 2 saturated heterocycles. The highest BCUT2D eigenvalue weighted by Crippen LogP contribution is 2.52. The van der Waals surface area contributed by atoms with E-state index in [0.717, 1.165) is 29.5 Å². The van der Waals surface area contributed by atoms with Crippen molar-refractivity contribution < 1.29 is 4.74 Å². The summed E-state index contributed by atoms with van der Waals surface area (Å²) in [4.78, 5) is 6.60. The number of hydrogen-bond acceptors (Lipinski definition) is 2. The molecule has 6 unspecified atom stereocenters. The summed E-state index contributed by atoms with van der Waals surface area (Å²) >= 11 is 0. The molecule has 23 heavy (non-hydrogen) atoms. The van der Waals surface area contributed by atoms with Crippen LogP contribution in [0.5, 0.6) is 5.75 Å². The van der Waals surface area contributed by atoms with Crippen molar-refractivity contribution in [3.05, 3.63) is 29.5 Å². The van der Waals surface area contributed by atoms with Crippen LogP contribution in [-0.4, -0.2) is 36.1 Å². The van der Waals surface area contributed by atoms with Crippen molar-refractivity contribution in [1.29, 1.82) is 0 Å². The maximum absolute atomic E-state index is 5.46. The standard InChI is InChI=1S/C20H26N2O/c1-11-12(2)20-17-8-13(11)10-22(20)7-6-15-16-9-14(23-3)4-5-18(16)21-19(15)17/h4-5,9,11-13,17,20-21H,6-8,10H2,1-3H3. The van der Waals surface area contributed by atoms with Crippen LogP contribution >= 0.6 is 0 Å². The summed E-state index contributed by atoms with van der Waals surface area (Å²) in [5.41, 5.74) is 4.37. The number of ether oxygens (including phenoxy) is 1. The van der Waals surface area contributed by atoms with E-state index in [2.05, 4.69) is 41.9 Å². The molecule has 1 N–H and O–H groups in total. The number of fused-ring (bicyclic) bond motifs is 4. The van der Waals surface area contributed by atoms with Gasteiger partial charge in [0, 0.05) is 41.6 Å². The van der Waals surface area contributed by atoms with E-state index in [-0.39, 0.29) is 0 Å². The Morgan fingerprint density at radius 1 is 1.22 bits per heavy atom. The van der Waals surface area contributed by atoms with E-state index >= 15 is 0 Å². The van der Waals surface area contributed by atoms with Crippen LogP contribution in [0.4, 0.5) is 0 Å². The lowest BCUT2D eigenvalue weighted by Gasteiger charge is -2.55. The van der Waals surface area contributed by atoms with Crippen molar-refractivity contribution in [3.8, 4) is 5.75 Å². The molecule has 4 aliphatic rings. The fourth-order valence-corrected chi connectivity index (χ4v) is 5.78. The van der Waals surface area contributed by atoms with E-state index < -0.39 is 0 Å². The number of H-pyrrole nitrogens is 1. The lowest BCUT2D eigenvalue weighted by Crippen LogP contribution is -2.59. The second-order valence-corrected chi connectivity index (χ2v) is 7.98. The third-order valence-corrected chi connectivity index (χ3v) is 7.14. The molecule has 0 spiro atoms. The van der Waals surface area contributed by atoms with Gasteiger partial charge in [0.15, 0.2) is 0 Å². The third-order valence-electron chi connectivity index (χ3n) is 7.14. The molecule has 1 aromatic heterocycles. The minimum atomic E-state index is 0.691. The molecule has 122 valence electrons. The smallest absolute Gasteiger partial charge is 0.119 e. The first-order valence-corrected chi connectivity index (χ1v) is 9.10. The number of aromatic amines is 1. The normalized spacial score (nSPS) is 38.4. The molecule has 1 aromatic carbocycles. The Morgan fingerprint density at radius 3 is 2.87 bits per heavy atom. The van der Waals surface area contributed by atoms with Crippen molar-refractivity contribution in [2.75, 3.05) is 20.2 Å². The fraction of sp³-hybridized carbons (Fsp3) is 0.600. The monoisotopic (exact) mass is 310 g/mol. The predicted octanol–water partition coefficient (Wildman–Crippen LogP) is 3.79. The van der Waals surface area contributed by atoms with Gasteiger partial charge in [0.1, 0.15) is 5.75 Å². The second kappa shape index (κ2) is 4.76. The molecule has 1 aliphatic carbocycles. The first-order valence-electron chi connectivity index (χ1n) is 9.10. The van der Waals surface area contributed by atoms with E-state index in [0.29, 0.717) is 5.92 Å². The molecule has 1 saturated carbocycles. The maximum atomic E-state index is 5.46. The van der Waals surface area contributed by atoms with Crippen LogP contribution in [0.15, 0.2) is 18.2 Å². The second-order valence-electron chi connectivity index (χ2n) is 7.98. The zero-order valence-corrected chi connectivity index (χ0v) is 14.3. The van der Waals surface area contributed by atoms with Gasteiger partial charge in [-0.05, 0) is 54.4 Å². The number of rotatable bonds is 1. The number of aromatic nitrogens is 1. The van der Waals surface area contributed by atoms with Crippen molar-refractivity contribution in [2.24, 2.45) is 17.8 Å². The minimum Gasteiger partial charge on any atom is -0.497 e. The highest BCUT2D eigenvalue weighted by Gasteiger charge is 2.51. The zero-order valence-electron chi connectivity index (χ0n) is 14.3. The first-order chi connectivity index (χ1) is 11.2.